The number of hydrogen-bond donors (Lipinski definition) is 2. The van der Waals surface area contributed by atoms with Gasteiger partial charge in [-0.3, -0.25) is 0 Å². The van der Waals surface area contributed by atoms with E-state index in [1.54, 1.807) is 0 Å². The number of aliphatic carboxylic acids is 1. The predicted molar refractivity (Wildman–Crippen MR) is 54.0 cm³/mol. The zero-order valence-electron chi connectivity index (χ0n) is 7.97. The molecule has 0 atom stereocenters. The van der Waals surface area contributed by atoms with Crippen molar-refractivity contribution >= 4 is 22.6 Å². The highest BCUT2D eigenvalue weighted by Gasteiger charge is 2.40. The average Bonchev–Trinajstić information content (AvgIpc) is 2.71. The summed E-state index contributed by atoms with van der Waals surface area (Å²) < 4.78 is 8.98. The van der Waals surface area contributed by atoms with E-state index in [9.17, 15) is 9.90 Å². The molecule has 0 bridgehead atoms. The lowest BCUT2D eigenvalue weighted by Crippen LogP contribution is -2.50. The van der Waals surface area contributed by atoms with Crippen LogP contribution in [0.3, 0.4) is 0 Å². The van der Waals surface area contributed by atoms with E-state index in [0.29, 0.717) is 31.2 Å². The normalized spacial score (nSPS) is 19.7. The molecule has 2 rings (SSSR count). The fourth-order valence-corrected chi connectivity index (χ4v) is 2.07. The lowest BCUT2D eigenvalue weighted by molar-refractivity contribution is -0.145. The summed E-state index contributed by atoms with van der Waals surface area (Å²) in [4.78, 5) is 15.2. The minimum atomic E-state index is -0.947. The maximum absolute atomic E-state index is 11.2. The van der Waals surface area contributed by atoms with E-state index in [1.807, 2.05) is 0 Å². The van der Waals surface area contributed by atoms with Gasteiger partial charge < -0.3 is 15.2 Å². The van der Waals surface area contributed by atoms with Crippen LogP contribution in [0.5, 0.6) is 0 Å². The van der Waals surface area contributed by atoms with E-state index >= 15 is 0 Å². The van der Waals surface area contributed by atoms with Gasteiger partial charge >= 0.3 is 5.97 Å². The molecule has 2 N–H and O–H groups in total. The van der Waals surface area contributed by atoms with Gasteiger partial charge in [-0.05, 0) is 0 Å². The van der Waals surface area contributed by atoms with Crippen molar-refractivity contribution in [1.29, 1.82) is 0 Å². The Morgan fingerprint density at radius 1 is 1.60 bits per heavy atom. The third-order valence-electron chi connectivity index (χ3n) is 2.46. The van der Waals surface area contributed by atoms with Crippen LogP contribution >= 0.6 is 11.5 Å². The zero-order valence-corrected chi connectivity index (χ0v) is 8.79. The molecule has 82 valence electrons. The highest BCUT2D eigenvalue weighted by molar-refractivity contribution is 7.09. The van der Waals surface area contributed by atoms with Gasteiger partial charge in [-0.15, -0.1) is 0 Å². The number of aromatic nitrogens is 2. The second-order valence-corrected chi connectivity index (χ2v) is 4.15. The van der Waals surface area contributed by atoms with E-state index in [4.69, 9.17) is 4.74 Å². The van der Waals surface area contributed by atoms with Crippen molar-refractivity contribution in [2.75, 3.05) is 18.5 Å². The molecule has 0 saturated carbocycles. The fraction of sp³-hybridized carbons (Fsp3) is 0.625. The van der Waals surface area contributed by atoms with E-state index in [1.165, 1.54) is 6.33 Å². The van der Waals surface area contributed by atoms with Gasteiger partial charge in [0.05, 0.1) is 0 Å². The summed E-state index contributed by atoms with van der Waals surface area (Å²) in [5.74, 6) is -0.860. The summed E-state index contributed by atoms with van der Waals surface area (Å²) >= 11 is 1.16. The van der Waals surface area contributed by atoms with Crippen molar-refractivity contribution < 1.29 is 14.6 Å². The molecule has 0 radical (unpaired) electrons. The molecule has 1 aromatic heterocycles. The Bertz CT molecular complexity index is 335. The molecular formula is C8H11N3O3S. The Hall–Kier alpha value is -1.21. The van der Waals surface area contributed by atoms with E-state index in [-0.39, 0.29) is 0 Å². The minimum absolute atomic E-state index is 0.446. The van der Waals surface area contributed by atoms with Crippen molar-refractivity contribution in [1.82, 2.24) is 9.36 Å². The van der Waals surface area contributed by atoms with Crippen LogP contribution in [0.1, 0.15) is 12.8 Å². The number of rotatable bonds is 3. The van der Waals surface area contributed by atoms with Gasteiger partial charge in [-0.2, -0.15) is 4.37 Å². The number of hydrogen-bond acceptors (Lipinski definition) is 6. The highest BCUT2D eigenvalue weighted by Crippen LogP contribution is 2.26. The van der Waals surface area contributed by atoms with Crippen LogP contribution in [0.4, 0.5) is 5.13 Å². The van der Waals surface area contributed by atoms with Crippen LogP contribution in [0.25, 0.3) is 0 Å². The first-order valence-corrected chi connectivity index (χ1v) is 5.36. The number of ether oxygens (including phenoxy) is 1. The summed E-state index contributed by atoms with van der Waals surface area (Å²) in [5.41, 5.74) is -0.947. The molecule has 7 heteroatoms. The first-order chi connectivity index (χ1) is 7.23. The summed E-state index contributed by atoms with van der Waals surface area (Å²) in [6, 6.07) is 0. The fourth-order valence-electron chi connectivity index (χ4n) is 1.55. The molecular weight excluding hydrogens is 218 g/mol. The number of anilines is 1. The number of nitrogens with zero attached hydrogens (tertiary/aromatic N) is 2. The monoisotopic (exact) mass is 229 g/mol. The maximum atomic E-state index is 11.2. The summed E-state index contributed by atoms with van der Waals surface area (Å²) in [5, 5.41) is 12.7. The van der Waals surface area contributed by atoms with E-state index in [2.05, 4.69) is 14.7 Å². The summed E-state index contributed by atoms with van der Waals surface area (Å²) in [6.07, 6.45) is 2.30. The summed E-state index contributed by atoms with van der Waals surface area (Å²) in [7, 11) is 0. The topological polar surface area (TPSA) is 84.3 Å². The molecule has 0 unspecified atom stereocenters. The van der Waals surface area contributed by atoms with Crippen molar-refractivity contribution in [3.63, 3.8) is 0 Å². The summed E-state index contributed by atoms with van der Waals surface area (Å²) in [6.45, 7) is 0.913. The first-order valence-electron chi connectivity index (χ1n) is 4.59. The molecule has 1 saturated heterocycles. The third kappa shape index (κ3) is 2.07. The lowest BCUT2D eigenvalue weighted by atomic mass is 9.90. The van der Waals surface area contributed by atoms with Gasteiger partial charge in [0, 0.05) is 37.6 Å². The van der Waals surface area contributed by atoms with Crippen molar-refractivity contribution in [3.05, 3.63) is 6.33 Å². The molecule has 15 heavy (non-hydrogen) atoms. The maximum Gasteiger partial charge on any atom is 0.329 e. The number of carboxylic acid groups (broad SMARTS) is 1. The SMILES string of the molecule is O=C(O)C1(Nc2ncns2)CCOCC1. The second-order valence-electron chi connectivity index (χ2n) is 3.37. The molecule has 6 nitrogen and oxygen atoms in total. The zero-order chi connectivity index (χ0) is 10.7. The molecule has 1 aliphatic rings. The smallest absolute Gasteiger partial charge is 0.329 e. The Kier molecular flexibility index (Phi) is 2.83. The number of carboxylic acids is 1. The largest absolute Gasteiger partial charge is 0.480 e. The van der Waals surface area contributed by atoms with Crippen LogP contribution in [0.15, 0.2) is 6.33 Å². The Labute approximate surface area is 90.5 Å². The van der Waals surface area contributed by atoms with Crippen LogP contribution < -0.4 is 5.32 Å². The van der Waals surface area contributed by atoms with Gasteiger partial charge in [0.15, 0.2) is 0 Å². The van der Waals surface area contributed by atoms with Crippen molar-refractivity contribution in [3.8, 4) is 0 Å². The quantitative estimate of drug-likeness (QED) is 0.788. The molecule has 0 aromatic carbocycles. The molecule has 0 amide bonds. The van der Waals surface area contributed by atoms with Crippen LogP contribution in [-0.2, 0) is 9.53 Å². The van der Waals surface area contributed by atoms with Gasteiger partial charge in [-0.25, -0.2) is 9.78 Å². The Morgan fingerprint density at radius 3 is 2.87 bits per heavy atom. The van der Waals surface area contributed by atoms with Crippen LogP contribution in [-0.4, -0.2) is 39.2 Å². The Morgan fingerprint density at radius 2 is 2.33 bits per heavy atom. The predicted octanol–water partition coefficient (Wildman–Crippen LogP) is 0.584. The van der Waals surface area contributed by atoms with Crippen molar-refractivity contribution in [2.45, 2.75) is 18.4 Å². The minimum Gasteiger partial charge on any atom is -0.480 e. The standard InChI is InChI=1S/C8H11N3O3S/c12-6(13)8(1-3-14-4-2-8)11-7-9-5-10-15-7/h5H,1-4H2,(H,12,13)(H,9,10,11). The molecule has 0 aliphatic carbocycles. The van der Waals surface area contributed by atoms with Crippen LogP contribution in [0, 0.1) is 0 Å². The molecule has 1 aliphatic heterocycles. The Balaban J connectivity index is 2.15. The van der Waals surface area contributed by atoms with Crippen LogP contribution in [0.2, 0.25) is 0 Å². The van der Waals surface area contributed by atoms with Gasteiger partial charge in [0.25, 0.3) is 0 Å². The molecule has 0 spiro atoms. The molecule has 1 fully saturated rings. The third-order valence-corrected chi connectivity index (χ3v) is 3.04. The van der Waals surface area contributed by atoms with E-state index in [0.717, 1.165) is 11.5 Å². The highest BCUT2D eigenvalue weighted by atomic mass is 32.1. The average molecular weight is 229 g/mol. The second kappa shape index (κ2) is 4.11. The van der Waals surface area contributed by atoms with Gasteiger partial charge in [0.2, 0.25) is 5.13 Å². The van der Waals surface area contributed by atoms with E-state index < -0.39 is 11.5 Å². The van der Waals surface area contributed by atoms with Gasteiger partial charge in [0.1, 0.15) is 11.9 Å². The molecule has 2 heterocycles. The first kappa shape index (κ1) is 10.3. The molecule has 1 aromatic rings. The lowest BCUT2D eigenvalue weighted by Gasteiger charge is -2.33. The van der Waals surface area contributed by atoms with Gasteiger partial charge in [-0.1, -0.05) is 0 Å². The van der Waals surface area contributed by atoms with Crippen molar-refractivity contribution in [2.24, 2.45) is 0 Å². The number of nitrogens with one attached hydrogen (secondary N) is 1. The number of carbonyl (C=O) groups is 1.